The molecule has 1 aromatic heterocycles. The lowest BCUT2D eigenvalue weighted by molar-refractivity contribution is 0.383. The van der Waals surface area contributed by atoms with Crippen LogP contribution >= 0.6 is 11.6 Å². The van der Waals surface area contributed by atoms with Crippen LogP contribution in [0.2, 0.25) is 5.02 Å². The van der Waals surface area contributed by atoms with Crippen molar-refractivity contribution in [2.24, 2.45) is 0 Å². The number of benzene rings is 2. The van der Waals surface area contributed by atoms with E-state index in [2.05, 4.69) is 10.2 Å². The first-order valence-electron chi connectivity index (χ1n) is 9.46. The lowest BCUT2D eigenvalue weighted by atomic mass is 10.1. The zero-order chi connectivity index (χ0) is 21.1. The Labute approximate surface area is 180 Å². The third-order valence-electron chi connectivity index (χ3n) is 5.01. The topological polar surface area (TPSA) is 75.6 Å². The van der Waals surface area contributed by atoms with Gasteiger partial charge in [0.15, 0.2) is 5.82 Å². The van der Waals surface area contributed by atoms with Gasteiger partial charge in [-0.3, -0.25) is 0 Å². The number of methoxy groups -OCH3 is 1. The molecule has 0 spiro atoms. The van der Waals surface area contributed by atoms with E-state index in [1.807, 2.05) is 41.3 Å². The first kappa shape index (κ1) is 20.6. The largest absolute Gasteiger partial charge is 0.497 e. The Morgan fingerprint density at radius 2 is 1.70 bits per heavy atom. The van der Waals surface area contributed by atoms with E-state index in [9.17, 15) is 8.42 Å². The summed E-state index contributed by atoms with van der Waals surface area (Å²) in [6, 6.07) is 17.8. The lowest BCUT2D eigenvalue weighted by Gasteiger charge is -2.34. The summed E-state index contributed by atoms with van der Waals surface area (Å²) in [6.45, 7) is 1.81. The van der Waals surface area contributed by atoms with Crippen molar-refractivity contribution >= 4 is 27.4 Å². The third kappa shape index (κ3) is 4.26. The molecule has 0 amide bonds. The number of hydrogen-bond donors (Lipinski definition) is 0. The van der Waals surface area contributed by atoms with E-state index < -0.39 is 10.0 Å². The van der Waals surface area contributed by atoms with E-state index >= 15 is 0 Å². The third-order valence-corrected chi connectivity index (χ3v) is 7.14. The number of ether oxygens (including phenoxy) is 1. The summed E-state index contributed by atoms with van der Waals surface area (Å²) in [5.41, 5.74) is 1.67. The number of piperazine rings is 1. The average Bonchev–Trinajstić information content (AvgIpc) is 2.79. The lowest BCUT2D eigenvalue weighted by Crippen LogP contribution is -2.49. The molecular formula is C21H21ClN4O3S. The van der Waals surface area contributed by atoms with Crippen LogP contribution in [0, 0.1) is 0 Å². The Kier molecular flexibility index (Phi) is 5.90. The van der Waals surface area contributed by atoms with Crippen LogP contribution in [0.15, 0.2) is 65.6 Å². The number of anilines is 1. The van der Waals surface area contributed by atoms with E-state index in [4.69, 9.17) is 16.3 Å². The molecule has 1 aliphatic rings. The molecule has 0 N–H and O–H groups in total. The Bertz CT molecular complexity index is 1130. The van der Waals surface area contributed by atoms with Crippen LogP contribution in [0.4, 0.5) is 5.82 Å². The molecule has 1 fully saturated rings. The van der Waals surface area contributed by atoms with Gasteiger partial charge < -0.3 is 9.64 Å². The molecule has 0 radical (unpaired) electrons. The molecule has 4 rings (SSSR count). The van der Waals surface area contributed by atoms with Crippen molar-refractivity contribution < 1.29 is 13.2 Å². The molecule has 0 bridgehead atoms. The number of rotatable bonds is 5. The number of halogens is 1. The van der Waals surface area contributed by atoms with Crippen LogP contribution in [0.3, 0.4) is 0 Å². The molecule has 1 aliphatic heterocycles. The van der Waals surface area contributed by atoms with Gasteiger partial charge in [-0.25, -0.2) is 8.42 Å². The number of hydrogen-bond acceptors (Lipinski definition) is 6. The molecule has 0 aliphatic carbocycles. The van der Waals surface area contributed by atoms with E-state index in [-0.39, 0.29) is 4.90 Å². The molecular weight excluding hydrogens is 424 g/mol. The van der Waals surface area contributed by atoms with Crippen molar-refractivity contribution in [1.82, 2.24) is 14.5 Å². The second kappa shape index (κ2) is 8.59. The van der Waals surface area contributed by atoms with Crippen LogP contribution < -0.4 is 9.64 Å². The molecule has 3 aromatic rings. The minimum Gasteiger partial charge on any atom is -0.497 e. The maximum absolute atomic E-state index is 12.8. The highest BCUT2D eigenvalue weighted by Crippen LogP contribution is 2.25. The van der Waals surface area contributed by atoms with E-state index in [1.165, 1.54) is 10.4 Å². The van der Waals surface area contributed by atoms with Crippen molar-refractivity contribution in [1.29, 1.82) is 0 Å². The van der Waals surface area contributed by atoms with Crippen LogP contribution in [-0.4, -0.2) is 56.2 Å². The van der Waals surface area contributed by atoms with Crippen molar-refractivity contribution in [2.75, 3.05) is 38.2 Å². The summed E-state index contributed by atoms with van der Waals surface area (Å²) >= 11 is 5.95. The van der Waals surface area contributed by atoms with Gasteiger partial charge in [0.05, 0.1) is 17.7 Å². The van der Waals surface area contributed by atoms with Crippen LogP contribution in [-0.2, 0) is 10.0 Å². The molecule has 2 heterocycles. The molecule has 7 nitrogen and oxygen atoms in total. The molecule has 1 saturated heterocycles. The van der Waals surface area contributed by atoms with Crippen molar-refractivity contribution in [2.45, 2.75) is 4.90 Å². The zero-order valence-electron chi connectivity index (χ0n) is 16.4. The summed E-state index contributed by atoms with van der Waals surface area (Å²) in [7, 11) is -1.94. The highest BCUT2D eigenvalue weighted by atomic mass is 35.5. The Hall–Kier alpha value is -2.68. The van der Waals surface area contributed by atoms with Gasteiger partial charge in [-0.1, -0.05) is 29.8 Å². The Morgan fingerprint density at radius 3 is 2.37 bits per heavy atom. The molecule has 30 heavy (non-hydrogen) atoms. The van der Waals surface area contributed by atoms with E-state index in [0.717, 1.165) is 22.8 Å². The fourth-order valence-corrected chi connectivity index (χ4v) is 5.09. The van der Waals surface area contributed by atoms with Gasteiger partial charge in [-0.2, -0.15) is 4.31 Å². The fourth-order valence-electron chi connectivity index (χ4n) is 3.36. The van der Waals surface area contributed by atoms with Gasteiger partial charge in [0, 0.05) is 36.8 Å². The maximum atomic E-state index is 12.8. The predicted molar refractivity (Wildman–Crippen MR) is 116 cm³/mol. The molecule has 2 aromatic carbocycles. The summed E-state index contributed by atoms with van der Waals surface area (Å²) in [4.78, 5) is 2.25. The molecule has 9 heteroatoms. The summed E-state index contributed by atoms with van der Waals surface area (Å²) in [6.07, 6.45) is 0. The smallest absolute Gasteiger partial charge is 0.243 e. The Morgan fingerprint density at radius 1 is 0.933 bits per heavy atom. The normalized spacial score (nSPS) is 15.2. The van der Waals surface area contributed by atoms with Gasteiger partial charge in [-0.05, 0) is 42.5 Å². The van der Waals surface area contributed by atoms with Gasteiger partial charge in [0.25, 0.3) is 0 Å². The van der Waals surface area contributed by atoms with Crippen molar-refractivity contribution in [3.8, 4) is 17.0 Å². The van der Waals surface area contributed by atoms with Gasteiger partial charge >= 0.3 is 0 Å². The summed E-state index contributed by atoms with van der Waals surface area (Å²) < 4.78 is 32.4. The second-order valence-corrected chi connectivity index (χ2v) is 9.23. The first-order valence-corrected chi connectivity index (χ1v) is 11.3. The van der Waals surface area contributed by atoms with Crippen molar-refractivity contribution in [3.05, 3.63) is 65.7 Å². The summed E-state index contributed by atoms with van der Waals surface area (Å²) in [5, 5.41) is 9.08. The van der Waals surface area contributed by atoms with Gasteiger partial charge in [-0.15, -0.1) is 10.2 Å². The minimum atomic E-state index is -3.57. The first-order chi connectivity index (χ1) is 14.5. The SMILES string of the molecule is COc1cccc(-c2ccc(N3CCN(S(=O)(=O)c4cccc(Cl)c4)CC3)nn2)c1. The highest BCUT2D eigenvalue weighted by molar-refractivity contribution is 7.89. The second-order valence-electron chi connectivity index (χ2n) is 6.86. The molecule has 0 atom stereocenters. The number of sulfonamides is 1. The Balaban J connectivity index is 1.44. The zero-order valence-corrected chi connectivity index (χ0v) is 18.0. The minimum absolute atomic E-state index is 0.214. The molecule has 0 saturated carbocycles. The maximum Gasteiger partial charge on any atom is 0.243 e. The van der Waals surface area contributed by atoms with E-state index in [0.29, 0.717) is 31.2 Å². The number of aromatic nitrogens is 2. The van der Waals surface area contributed by atoms with Crippen LogP contribution in [0.1, 0.15) is 0 Å². The monoisotopic (exact) mass is 444 g/mol. The van der Waals surface area contributed by atoms with Crippen LogP contribution in [0.25, 0.3) is 11.3 Å². The average molecular weight is 445 g/mol. The molecule has 156 valence electrons. The number of nitrogens with zero attached hydrogens (tertiary/aromatic N) is 4. The fraction of sp³-hybridized carbons (Fsp3) is 0.238. The quantitative estimate of drug-likeness (QED) is 0.601. The standard InChI is InChI=1S/C21H21ClN4O3S/c1-29-18-6-2-4-16(14-18)20-8-9-21(24-23-20)25-10-12-26(13-11-25)30(27,28)19-7-3-5-17(22)15-19/h2-9,14-15H,10-13H2,1H3. The highest BCUT2D eigenvalue weighted by Gasteiger charge is 2.29. The van der Waals surface area contributed by atoms with Crippen molar-refractivity contribution in [3.63, 3.8) is 0 Å². The van der Waals surface area contributed by atoms with Crippen LogP contribution in [0.5, 0.6) is 5.75 Å². The summed E-state index contributed by atoms with van der Waals surface area (Å²) in [5.74, 6) is 1.48. The van der Waals surface area contributed by atoms with Gasteiger partial charge in [0.2, 0.25) is 10.0 Å². The molecule has 0 unspecified atom stereocenters. The van der Waals surface area contributed by atoms with Gasteiger partial charge in [0.1, 0.15) is 5.75 Å². The van der Waals surface area contributed by atoms with E-state index in [1.54, 1.807) is 25.3 Å². The predicted octanol–water partition coefficient (Wildman–Crippen LogP) is 3.32.